The van der Waals surface area contributed by atoms with E-state index in [0.29, 0.717) is 11.6 Å². The Bertz CT molecular complexity index is 547. The lowest BCUT2D eigenvalue weighted by Gasteiger charge is -2.11. The summed E-state index contributed by atoms with van der Waals surface area (Å²) in [6, 6.07) is 2.07. The molecule has 18 heavy (non-hydrogen) atoms. The smallest absolute Gasteiger partial charge is 0.130 e. The molecule has 0 amide bonds. The number of hydrogen-bond acceptors (Lipinski definition) is 3. The second-order valence-electron chi connectivity index (χ2n) is 4.36. The number of hydrogen-bond donors (Lipinski definition) is 1. The summed E-state index contributed by atoms with van der Waals surface area (Å²) in [5.74, 6) is 0. The van der Waals surface area contributed by atoms with Crippen LogP contribution in [0.25, 0.3) is 0 Å². The molecule has 3 nitrogen and oxygen atoms in total. The summed E-state index contributed by atoms with van der Waals surface area (Å²) in [6.45, 7) is 4.02. The molecule has 2 aromatic rings. The molecule has 0 aliphatic carbocycles. The summed E-state index contributed by atoms with van der Waals surface area (Å²) in [5, 5.41) is 17.2. The van der Waals surface area contributed by atoms with Crippen molar-refractivity contribution in [2.45, 2.75) is 32.8 Å². The molecule has 2 heterocycles. The minimum Gasteiger partial charge on any atom is -0.387 e. The molecule has 0 aromatic carbocycles. The van der Waals surface area contributed by atoms with Gasteiger partial charge in [0.15, 0.2) is 0 Å². The van der Waals surface area contributed by atoms with Crippen LogP contribution in [0.3, 0.4) is 0 Å². The average Bonchev–Trinajstić information content (AvgIpc) is 2.90. The zero-order valence-electron chi connectivity index (χ0n) is 10.8. The molecule has 0 saturated carbocycles. The zero-order valence-corrected chi connectivity index (χ0v) is 12.3. The third-order valence-electron chi connectivity index (χ3n) is 3.13. The van der Waals surface area contributed by atoms with E-state index in [1.165, 1.54) is 5.56 Å². The Morgan fingerprint density at radius 3 is 2.83 bits per heavy atom. The quantitative estimate of drug-likeness (QED) is 0.936. The van der Waals surface area contributed by atoms with Crippen molar-refractivity contribution in [3.63, 3.8) is 0 Å². The molecule has 1 unspecified atom stereocenters. The molecule has 1 N–H and O–H groups in total. The number of nitrogens with zero attached hydrogens (tertiary/aromatic N) is 2. The van der Waals surface area contributed by atoms with Crippen LogP contribution in [0.4, 0.5) is 0 Å². The molecule has 0 bridgehead atoms. The van der Waals surface area contributed by atoms with Crippen molar-refractivity contribution in [3.05, 3.63) is 38.3 Å². The number of aliphatic hydroxyl groups is 1. The molecule has 0 saturated heterocycles. The van der Waals surface area contributed by atoms with Crippen molar-refractivity contribution >= 4 is 22.9 Å². The van der Waals surface area contributed by atoms with Crippen LogP contribution in [0, 0.1) is 6.92 Å². The molecule has 0 fully saturated rings. The fraction of sp³-hybridized carbons (Fsp3) is 0.462. The minimum absolute atomic E-state index is 0.500. The first-order valence-electron chi connectivity index (χ1n) is 5.96. The number of rotatable bonds is 4. The van der Waals surface area contributed by atoms with Crippen molar-refractivity contribution in [3.8, 4) is 0 Å². The second-order valence-corrected chi connectivity index (χ2v) is 5.67. The molecule has 0 radical (unpaired) electrons. The Balaban J connectivity index is 2.24. The van der Waals surface area contributed by atoms with E-state index in [9.17, 15) is 5.11 Å². The van der Waals surface area contributed by atoms with E-state index in [0.717, 1.165) is 22.6 Å². The van der Waals surface area contributed by atoms with Gasteiger partial charge in [-0.15, -0.1) is 11.3 Å². The zero-order chi connectivity index (χ0) is 13.3. The third-order valence-corrected chi connectivity index (χ3v) is 4.66. The van der Waals surface area contributed by atoms with Crippen molar-refractivity contribution in [2.75, 3.05) is 0 Å². The molecule has 0 spiro atoms. The van der Waals surface area contributed by atoms with Gasteiger partial charge in [0.2, 0.25) is 0 Å². The number of aliphatic hydroxyl groups excluding tert-OH is 1. The molecule has 98 valence electrons. The van der Waals surface area contributed by atoms with Crippen molar-refractivity contribution in [2.24, 2.45) is 7.05 Å². The normalized spacial score (nSPS) is 12.9. The molecule has 2 rings (SSSR count). The maximum atomic E-state index is 10.3. The van der Waals surface area contributed by atoms with Crippen LogP contribution in [0.5, 0.6) is 0 Å². The Morgan fingerprint density at radius 1 is 1.56 bits per heavy atom. The molecule has 0 aliphatic heterocycles. The van der Waals surface area contributed by atoms with Crippen LogP contribution < -0.4 is 0 Å². The summed E-state index contributed by atoms with van der Waals surface area (Å²) >= 11 is 7.79. The van der Waals surface area contributed by atoms with E-state index in [-0.39, 0.29) is 0 Å². The number of halogens is 1. The highest BCUT2D eigenvalue weighted by Crippen LogP contribution is 2.30. The lowest BCUT2D eigenvalue weighted by Crippen LogP contribution is -2.03. The van der Waals surface area contributed by atoms with Crippen LogP contribution in [0.15, 0.2) is 11.4 Å². The van der Waals surface area contributed by atoms with E-state index >= 15 is 0 Å². The van der Waals surface area contributed by atoms with Gasteiger partial charge in [-0.25, -0.2) is 0 Å². The molecule has 0 aliphatic rings. The summed E-state index contributed by atoms with van der Waals surface area (Å²) < 4.78 is 1.65. The lowest BCUT2D eigenvalue weighted by molar-refractivity contribution is 0.181. The van der Waals surface area contributed by atoms with Gasteiger partial charge >= 0.3 is 0 Å². The van der Waals surface area contributed by atoms with Crippen LogP contribution in [0.2, 0.25) is 5.15 Å². The Hall–Kier alpha value is -0.840. The Kier molecular flexibility index (Phi) is 4.10. The largest absolute Gasteiger partial charge is 0.387 e. The van der Waals surface area contributed by atoms with Gasteiger partial charge in [-0.2, -0.15) is 5.10 Å². The van der Waals surface area contributed by atoms with Gasteiger partial charge in [0.05, 0.1) is 11.8 Å². The van der Waals surface area contributed by atoms with E-state index < -0.39 is 6.10 Å². The van der Waals surface area contributed by atoms with Gasteiger partial charge in [-0.05, 0) is 30.4 Å². The minimum atomic E-state index is -0.500. The summed E-state index contributed by atoms with van der Waals surface area (Å²) in [5.41, 5.74) is 3.03. The van der Waals surface area contributed by atoms with E-state index in [2.05, 4.69) is 18.1 Å². The lowest BCUT2D eigenvalue weighted by atomic mass is 10.0. The van der Waals surface area contributed by atoms with Gasteiger partial charge in [0.25, 0.3) is 0 Å². The molecule has 5 heteroatoms. The van der Waals surface area contributed by atoms with Gasteiger partial charge in [0, 0.05) is 23.9 Å². The van der Waals surface area contributed by atoms with Crippen LogP contribution in [-0.4, -0.2) is 14.9 Å². The summed E-state index contributed by atoms with van der Waals surface area (Å²) in [6.07, 6.45) is 0.960. The monoisotopic (exact) mass is 284 g/mol. The van der Waals surface area contributed by atoms with E-state index in [1.54, 1.807) is 16.0 Å². The summed E-state index contributed by atoms with van der Waals surface area (Å²) in [4.78, 5) is 1.04. The molecular formula is C13H17ClN2OS. The SMILES string of the molecule is CCc1ccsc1C(O)Cc1c(C)nn(C)c1Cl. The number of aryl methyl sites for hydroxylation is 3. The number of thiophene rings is 1. The Labute approximate surface area is 116 Å². The van der Waals surface area contributed by atoms with Gasteiger partial charge < -0.3 is 5.11 Å². The highest BCUT2D eigenvalue weighted by atomic mass is 35.5. The second kappa shape index (κ2) is 5.43. The Morgan fingerprint density at radius 2 is 2.28 bits per heavy atom. The number of aromatic nitrogens is 2. The molecule has 2 aromatic heterocycles. The molecule has 1 atom stereocenters. The van der Waals surface area contributed by atoms with Crippen LogP contribution >= 0.6 is 22.9 Å². The fourth-order valence-corrected chi connectivity index (χ4v) is 3.36. The van der Waals surface area contributed by atoms with Crippen molar-refractivity contribution in [1.82, 2.24) is 9.78 Å². The maximum Gasteiger partial charge on any atom is 0.130 e. The highest BCUT2D eigenvalue weighted by Gasteiger charge is 2.19. The first-order valence-corrected chi connectivity index (χ1v) is 7.22. The third kappa shape index (κ3) is 2.46. The topological polar surface area (TPSA) is 38.1 Å². The molecular weight excluding hydrogens is 268 g/mol. The fourth-order valence-electron chi connectivity index (χ4n) is 2.12. The van der Waals surface area contributed by atoms with E-state index in [1.807, 2.05) is 19.4 Å². The van der Waals surface area contributed by atoms with Crippen molar-refractivity contribution in [1.29, 1.82) is 0 Å². The highest BCUT2D eigenvalue weighted by molar-refractivity contribution is 7.10. The van der Waals surface area contributed by atoms with Crippen LogP contribution in [-0.2, 0) is 19.9 Å². The summed E-state index contributed by atoms with van der Waals surface area (Å²) in [7, 11) is 1.81. The van der Waals surface area contributed by atoms with Gasteiger partial charge in [-0.1, -0.05) is 18.5 Å². The predicted octanol–water partition coefficient (Wildman–Crippen LogP) is 3.28. The first-order chi connectivity index (χ1) is 8.54. The predicted molar refractivity (Wildman–Crippen MR) is 75.3 cm³/mol. The standard InChI is InChI=1S/C13H17ClN2OS/c1-4-9-5-6-18-12(9)11(17)7-10-8(2)15-16(3)13(10)14/h5-6,11,17H,4,7H2,1-3H3. The van der Waals surface area contributed by atoms with Crippen molar-refractivity contribution < 1.29 is 5.11 Å². The van der Waals surface area contributed by atoms with E-state index in [4.69, 9.17) is 11.6 Å². The maximum absolute atomic E-state index is 10.3. The first kappa shape index (κ1) is 13.6. The van der Waals surface area contributed by atoms with Gasteiger partial charge in [-0.3, -0.25) is 4.68 Å². The van der Waals surface area contributed by atoms with Crippen LogP contribution in [0.1, 0.15) is 34.7 Å². The average molecular weight is 285 g/mol. The van der Waals surface area contributed by atoms with Gasteiger partial charge in [0.1, 0.15) is 5.15 Å².